The molecule has 1 saturated carbocycles. The Morgan fingerprint density at radius 3 is 2.64 bits per heavy atom. The Hall–Kier alpha value is -3.06. The van der Waals surface area contributed by atoms with Gasteiger partial charge >= 0.3 is 0 Å². The van der Waals surface area contributed by atoms with Gasteiger partial charge in [0.05, 0.1) is 23.8 Å². The van der Waals surface area contributed by atoms with Gasteiger partial charge in [-0.15, -0.1) is 10.2 Å². The second kappa shape index (κ2) is 6.83. The maximum Gasteiger partial charge on any atom is 0.185 e. The van der Waals surface area contributed by atoms with E-state index < -0.39 is 0 Å². The summed E-state index contributed by atoms with van der Waals surface area (Å²) in [6, 6.07) is 5.35. The first-order chi connectivity index (χ1) is 13.7. The molecule has 1 aliphatic carbocycles. The highest BCUT2D eigenvalue weighted by atomic mass is 16.3. The predicted molar refractivity (Wildman–Crippen MR) is 106 cm³/mol. The molecule has 3 atom stereocenters. The summed E-state index contributed by atoms with van der Waals surface area (Å²) in [5, 5.41) is 22.5. The lowest BCUT2D eigenvalue weighted by atomic mass is 9.95. The normalized spacial score (nSPS) is 23.6. The van der Waals surface area contributed by atoms with E-state index in [9.17, 15) is 5.11 Å². The molecule has 1 aromatic carbocycles. The lowest BCUT2D eigenvalue weighted by molar-refractivity contribution is 0.476. The Bertz CT molecular complexity index is 986. The van der Waals surface area contributed by atoms with Gasteiger partial charge in [0, 0.05) is 18.5 Å². The van der Waals surface area contributed by atoms with Crippen LogP contribution in [-0.4, -0.2) is 42.9 Å². The number of phenols is 1. The fourth-order valence-corrected chi connectivity index (χ4v) is 4.49. The molecule has 2 aliphatic rings. The van der Waals surface area contributed by atoms with Crippen molar-refractivity contribution in [2.24, 2.45) is 17.8 Å². The molecule has 0 amide bonds. The van der Waals surface area contributed by atoms with Crippen LogP contribution in [0.2, 0.25) is 0 Å². The summed E-state index contributed by atoms with van der Waals surface area (Å²) in [4.78, 5) is 8.46. The smallest absolute Gasteiger partial charge is 0.185 e. The van der Waals surface area contributed by atoms with Crippen LogP contribution in [0.5, 0.6) is 5.75 Å². The number of imidazole rings is 1. The Balaban J connectivity index is 1.34. The number of allylic oxidation sites excluding steroid dienone is 1. The third-order valence-electron chi connectivity index (χ3n) is 6.06. The van der Waals surface area contributed by atoms with Crippen molar-refractivity contribution in [3.05, 3.63) is 55.4 Å². The van der Waals surface area contributed by atoms with E-state index in [0.29, 0.717) is 17.3 Å². The standard InChI is InChI=1S/C21H22N6O/c1-13(14-6-15-9-23-10-16(15)7-14)19-11-24-21(26-25-19)18-3-2-17(8-20(18)28)27-5-4-22-12-27/h2-5,8,11-12,14-16,23,28H,1,6-7,9-10H2/t14-,15+,16-. The topological polar surface area (TPSA) is 88.8 Å². The molecule has 0 radical (unpaired) electrons. The first-order valence-electron chi connectivity index (χ1n) is 9.60. The Labute approximate surface area is 163 Å². The molecular weight excluding hydrogens is 352 g/mol. The average Bonchev–Trinajstić information content (AvgIpc) is 3.45. The second-order valence-corrected chi connectivity index (χ2v) is 7.71. The molecule has 7 nitrogen and oxygen atoms in total. The van der Waals surface area contributed by atoms with Gasteiger partial charge in [0.25, 0.3) is 0 Å². The van der Waals surface area contributed by atoms with Gasteiger partial charge in [0.15, 0.2) is 5.82 Å². The van der Waals surface area contributed by atoms with Gasteiger partial charge in [-0.3, -0.25) is 0 Å². The van der Waals surface area contributed by atoms with Crippen molar-refractivity contribution in [3.8, 4) is 22.8 Å². The highest BCUT2D eigenvalue weighted by Crippen LogP contribution is 2.43. The Morgan fingerprint density at radius 2 is 2.00 bits per heavy atom. The van der Waals surface area contributed by atoms with Gasteiger partial charge in [-0.1, -0.05) is 6.58 Å². The lowest BCUT2D eigenvalue weighted by Crippen LogP contribution is -2.13. The van der Waals surface area contributed by atoms with Crippen LogP contribution in [0.3, 0.4) is 0 Å². The van der Waals surface area contributed by atoms with E-state index in [1.54, 1.807) is 30.9 Å². The summed E-state index contributed by atoms with van der Waals surface area (Å²) >= 11 is 0. The van der Waals surface area contributed by atoms with Crippen molar-refractivity contribution >= 4 is 5.57 Å². The number of nitrogens with zero attached hydrogens (tertiary/aromatic N) is 5. The summed E-state index contributed by atoms with van der Waals surface area (Å²) < 4.78 is 1.82. The quantitative estimate of drug-likeness (QED) is 0.730. The van der Waals surface area contributed by atoms with Crippen molar-refractivity contribution in [2.75, 3.05) is 13.1 Å². The van der Waals surface area contributed by atoms with Crippen LogP contribution in [-0.2, 0) is 0 Å². The molecule has 5 rings (SSSR count). The molecule has 7 heteroatoms. The van der Waals surface area contributed by atoms with Crippen LogP contribution >= 0.6 is 0 Å². The number of nitrogens with one attached hydrogen (secondary N) is 1. The van der Waals surface area contributed by atoms with E-state index in [1.807, 2.05) is 16.8 Å². The van der Waals surface area contributed by atoms with Crippen LogP contribution in [0.1, 0.15) is 18.5 Å². The zero-order valence-electron chi connectivity index (χ0n) is 15.5. The minimum Gasteiger partial charge on any atom is -0.507 e. The van der Waals surface area contributed by atoms with Crippen LogP contribution in [0, 0.1) is 17.8 Å². The summed E-state index contributed by atoms with van der Waals surface area (Å²) in [6.07, 6.45) is 9.24. The maximum absolute atomic E-state index is 10.4. The number of aromatic nitrogens is 5. The molecule has 3 aromatic rings. The molecule has 2 fully saturated rings. The minimum absolute atomic E-state index is 0.107. The van der Waals surface area contributed by atoms with E-state index in [-0.39, 0.29) is 5.75 Å². The molecule has 1 aliphatic heterocycles. The third-order valence-corrected chi connectivity index (χ3v) is 6.06. The number of phenolic OH excluding ortho intramolecular Hbond substituents is 1. The first-order valence-corrected chi connectivity index (χ1v) is 9.60. The Morgan fingerprint density at radius 1 is 1.18 bits per heavy atom. The van der Waals surface area contributed by atoms with E-state index in [0.717, 1.165) is 54.7 Å². The van der Waals surface area contributed by atoms with Crippen LogP contribution in [0.15, 0.2) is 49.7 Å². The molecule has 28 heavy (non-hydrogen) atoms. The zero-order valence-corrected chi connectivity index (χ0v) is 15.5. The number of fused-ring (bicyclic) bond motifs is 1. The van der Waals surface area contributed by atoms with E-state index in [1.165, 1.54) is 0 Å². The highest BCUT2D eigenvalue weighted by Gasteiger charge is 2.38. The Kier molecular flexibility index (Phi) is 4.16. The number of hydrogen-bond donors (Lipinski definition) is 2. The summed E-state index contributed by atoms with van der Waals surface area (Å²) in [6.45, 7) is 6.51. The van der Waals surface area contributed by atoms with Crippen molar-refractivity contribution < 1.29 is 5.11 Å². The minimum atomic E-state index is 0.107. The van der Waals surface area contributed by atoms with Crippen LogP contribution in [0.4, 0.5) is 0 Å². The average molecular weight is 374 g/mol. The van der Waals surface area contributed by atoms with E-state index in [2.05, 4.69) is 32.1 Å². The summed E-state index contributed by atoms with van der Waals surface area (Å²) in [5.74, 6) is 2.48. The highest BCUT2D eigenvalue weighted by molar-refractivity contribution is 5.67. The van der Waals surface area contributed by atoms with Crippen molar-refractivity contribution in [1.82, 2.24) is 30.0 Å². The van der Waals surface area contributed by atoms with Crippen molar-refractivity contribution in [2.45, 2.75) is 12.8 Å². The fourth-order valence-electron chi connectivity index (χ4n) is 4.49. The summed E-state index contributed by atoms with van der Waals surface area (Å²) in [7, 11) is 0. The second-order valence-electron chi connectivity index (χ2n) is 7.71. The molecule has 2 aromatic heterocycles. The molecule has 0 spiro atoms. The molecule has 2 N–H and O–H groups in total. The SMILES string of the molecule is C=C(c1cnc(-c2ccc(-n3ccnc3)cc2O)nn1)[C@@H]1C[C@H]2CNC[C@H]2C1. The molecule has 142 valence electrons. The van der Waals surface area contributed by atoms with Crippen LogP contribution in [0.25, 0.3) is 22.6 Å². The first kappa shape index (κ1) is 17.1. The number of hydrogen-bond acceptors (Lipinski definition) is 6. The third kappa shape index (κ3) is 2.97. The summed E-state index contributed by atoms with van der Waals surface area (Å²) in [5.41, 5.74) is 3.14. The van der Waals surface area contributed by atoms with Gasteiger partial charge in [0.1, 0.15) is 11.4 Å². The number of aromatic hydroxyl groups is 1. The van der Waals surface area contributed by atoms with Gasteiger partial charge in [-0.2, -0.15) is 0 Å². The molecule has 0 bridgehead atoms. The van der Waals surface area contributed by atoms with Crippen LogP contribution < -0.4 is 5.32 Å². The van der Waals surface area contributed by atoms with E-state index in [4.69, 9.17) is 0 Å². The number of rotatable bonds is 4. The van der Waals surface area contributed by atoms with Crippen molar-refractivity contribution in [3.63, 3.8) is 0 Å². The number of benzene rings is 1. The molecule has 0 unspecified atom stereocenters. The monoisotopic (exact) mass is 374 g/mol. The van der Waals surface area contributed by atoms with Gasteiger partial charge < -0.3 is 15.0 Å². The lowest BCUT2D eigenvalue weighted by Gasteiger charge is -2.14. The van der Waals surface area contributed by atoms with E-state index >= 15 is 0 Å². The molecule has 3 heterocycles. The predicted octanol–water partition coefficient (Wildman–Crippen LogP) is 2.69. The molecule has 1 saturated heterocycles. The molecular formula is C21H22N6O. The largest absolute Gasteiger partial charge is 0.507 e. The van der Waals surface area contributed by atoms with Gasteiger partial charge in [0.2, 0.25) is 0 Å². The van der Waals surface area contributed by atoms with Gasteiger partial charge in [-0.25, -0.2) is 9.97 Å². The zero-order chi connectivity index (χ0) is 19.1. The fraction of sp³-hybridized carbons (Fsp3) is 0.333. The van der Waals surface area contributed by atoms with Crippen molar-refractivity contribution in [1.29, 1.82) is 0 Å². The maximum atomic E-state index is 10.4. The van der Waals surface area contributed by atoms with Gasteiger partial charge in [-0.05, 0) is 61.4 Å².